The Morgan fingerprint density at radius 3 is 2.71 bits per heavy atom. The van der Waals surface area contributed by atoms with Gasteiger partial charge in [-0.25, -0.2) is 4.39 Å². The minimum atomic E-state index is -0.935. The maximum atomic E-state index is 13.5. The second-order valence-corrected chi connectivity index (χ2v) is 4.51. The normalized spacial score (nSPS) is 11.8. The number of hydrogen-bond acceptors (Lipinski definition) is 5. The Bertz CT molecular complexity index is 536. The topological polar surface area (TPSA) is 102 Å². The van der Waals surface area contributed by atoms with Gasteiger partial charge < -0.3 is 15.2 Å². The molecule has 21 heavy (non-hydrogen) atoms. The molecule has 1 unspecified atom stereocenters. The monoisotopic (exact) mass is 300 g/mol. The predicted octanol–water partition coefficient (Wildman–Crippen LogP) is 2.66. The molecule has 1 aromatic carbocycles. The molecule has 0 saturated carbocycles. The molecule has 0 spiro atoms. The third-order valence-corrected chi connectivity index (χ3v) is 3.09. The van der Waals surface area contributed by atoms with E-state index in [0.717, 1.165) is 6.07 Å². The number of anilines is 1. The second-order valence-electron chi connectivity index (χ2n) is 4.51. The smallest absolute Gasteiger partial charge is 0.303 e. The number of carbonyl (C=O) groups is 1. The molecule has 0 saturated heterocycles. The Balaban J connectivity index is 2.95. The summed E-state index contributed by atoms with van der Waals surface area (Å²) in [6.45, 7) is 2.06. The first-order valence-electron chi connectivity index (χ1n) is 6.36. The van der Waals surface area contributed by atoms with Gasteiger partial charge in [0.15, 0.2) is 11.6 Å². The fourth-order valence-corrected chi connectivity index (χ4v) is 1.85. The molecule has 0 aliphatic carbocycles. The molecule has 0 fully saturated rings. The lowest BCUT2D eigenvalue weighted by atomic mass is 10.0. The van der Waals surface area contributed by atoms with E-state index in [1.54, 1.807) is 0 Å². The van der Waals surface area contributed by atoms with Gasteiger partial charge in [0.25, 0.3) is 5.69 Å². The largest absolute Gasteiger partial charge is 0.494 e. The molecule has 7 nitrogen and oxygen atoms in total. The number of nitro benzene ring substituents is 1. The molecule has 0 aliphatic rings. The lowest BCUT2D eigenvalue weighted by Gasteiger charge is -2.15. The Morgan fingerprint density at radius 2 is 2.24 bits per heavy atom. The highest BCUT2D eigenvalue weighted by atomic mass is 19.1. The van der Waals surface area contributed by atoms with Gasteiger partial charge in [-0.15, -0.1) is 0 Å². The second kappa shape index (κ2) is 7.41. The van der Waals surface area contributed by atoms with Crippen molar-refractivity contribution in [1.29, 1.82) is 0 Å². The first-order chi connectivity index (χ1) is 9.88. The highest BCUT2D eigenvalue weighted by Gasteiger charge is 2.20. The van der Waals surface area contributed by atoms with E-state index >= 15 is 0 Å². The number of nitrogens with zero attached hydrogens (tertiary/aromatic N) is 1. The summed E-state index contributed by atoms with van der Waals surface area (Å²) in [4.78, 5) is 20.9. The number of rotatable bonds is 8. The number of hydrogen-bond donors (Lipinski definition) is 2. The number of nitro groups is 1. The van der Waals surface area contributed by atoms with Crippen LogP contribution in [0.1, 0.15) is 19.8 Å². The molecular formula is C13H17FN2O5. The minimum absolute atomic E-state index is 0.0460. The number of methoxy groups -OCH3 is 1. The van der Waals surface area contributed by atoms with Crippen LogP contribution < -0.4 is 10.1 Å². The van der Waals surface area contributed by atoms with Crippen molar-refractivity contribution in [2.45, 2.75) is 19.8 Å². The fraction of sp³-hybridized carbons (Fsp3) is 0.462. The molecule has 0 radical (unpaired) electrons. The molecule has 1 rings (SSSR count). The molecule has 8 heteroatoms. The van der Waals surface area contributed by atoms with E-state index in [1.807, 2.05) is 6.92 Å². The van der Waals surface area contributed by atoms with E-state index in [-0.39, 0.29) is 30.3 Å². The van der Waals surface area contributed by atoms with Crippen molar-refractivity contribution >= 4 is 17.3 Å². The minimum Gasteiger partial charge on any atom is -0.494 e. The lowest BCUT2D eigenvalue weighted by molar-refractivity contribution is -0.384. The Hall–Kier alpha value is -2.38. The summed E-state index contributed by atoms with van der Waals surface area (Å²) in [5.74, 6) is -2.06. The van der Waals surface area contributed by atoms with E-state index in [1.165, 1.54) is 13.2 Å². The zero-order valence-corrected chi connectivity index (χ0v) is 11.8. The predicted molar refractivity (Wildman–Crippen MR) is 74.1 cm³/mol. The van der Waals surface area contributed by atoms with Gasteiger partial charge in [0.1, 0.15) is 5.69 Å². The first-order valence-corrected chi connectivity index (χ1v) is 6.36. The van der Waals surface area contributed by atoms with Gasteiger partial charge in [0.2, 0.25) is 0 Å². The highest BCUT2D eigenvalue weighted by molar-refractivity contribution is 5.67. The average Bonchev–Trinajstić information content (AvgIpc) is 2.43. The zero-order valence-electron chi connectivity index (χ0n) is 11.8. The Kier molecular flexibility index (Phi) is 5.89. The molecule has 0 amide bonds. The summed E-state index contributed by atoms with van der Waals surface area (Å²) in [5, 5.41) is 22.5. The number of carboxylic acids is 1. The van der Waals surface area contributed by atoms with Crippen molar-refractivity contribution in [2.75, 3.05) is 19.0 Å². The van der Waals surface area contributed by atoms with Crippen molar-refractivity contribution in [2.24, 2.45) is 5.92 Å². The van der Waals surface area contributed by atoms with Gasteiger partial charge in [-0.05, 0) is 5.92 Å². The molecular weight excluding hydrogens is 283 g/mol. The summed E-state index contributed by atoms with van der Waals surface area (Å²) >= 11 is 0. The standard InChI is InChI=1S/C13H17FN2O5/c1-3-8(4-13(17)18)7-15-10-6-12(21-2)9(14)5-11(10)16(19)20/h5-6,8,15H,3-4,7H2,1-2H3,(H,17,18). The lowest BCUT2D eigenvalue weighted by Crippen LogP contribution is -2.17. The van der Waals surface area contributed by atoms with Crippen LogP contribution in [0.3, 0.4) is 0 Å². The van der Waals surface area contributed by atoms with Gasteiger partial charge in [0.05, 0.1) is 18.1 Å². The maximum Gasteiger partial charge on any atom is 0.303 e. The molecule has 1 aromatic rings. The summed E-state index contributed by atoms with van der Waals surface area (Å²) in [7, 11) is 1.26. The van der Waals surface area contributed by atoms with Crippen molar-refractivity contribution < 1.29 is 24.0 Å². The van der Waals surface area contributed by atoms with Gasteiger partial charge in [-0.1, -0.05) is 13.3 Å². The van der Waals surface area contributed by atoms with Crippen LogP contribution in [0, 0.1) is 21.8 Å². The quantitative estimate of drug-likeness (QED) is 0.565. The Labute approximate surface area is 120 Å². The van der Waals surface area contributed by atoms with Gasteiger partial charge in [-0.3, -0.25) is 14.9 Å². The number of carboxylic acid groups (broad SMARTS) is 1. The van der Waals surface area contributed by atoms with E-state index in [4.69, 9.17) is 9.84 Å². The van der Waals surface area contributed by atoms with Crippen molar-refractivity contribution in [3.05, 3.63) is 28.1 Å². The van der Waals surface area contributed by atoms with E-state index in [0.29, 0.717) is 6.42 Å². The van der Waals surface area contributed by atoms with Gasteiger partial charge >= 0.3 is 5.97 Å². The molecule has 116 valence electrons. The van der Waals surface area contributed by atoms with Gasteiger partial charge in [0, 0.05) is 19.0 Å². The summed E-state index contributed by atoms with van der Waals surface area (Å²) < 4.78 is 18.3. The van der Waals surface area contributed by atoms with Crippen LogP contribution in [0.25, 0.3) is 0 Å². The average molecular weight is 300 g/mol. The van der Waals surface area contributed by atoms with E-state index in [9.17, 15) is 19.3 Å². The molecule has 0 bridgehead atoms. The number of ether oxygens (including phenoxy) is 1. The molecule has 2 N–H and O–H groups in total. The number of nitrogens with one attached hydrogen (secondary N) is 1. The van der Waals surface area contributed by atoms with E-state index < -0.39 is 22.4 Å². The maximum absolute atomic E-state index is 13.5. The molecule has 0 aromatic heterocycles. The van der Waals surface area contributed by atoms with Crippen LogP contribution >= 0.6 is 0 Å². The summed E-state index contributed by atoms with van der Waals surface area (Å²) in [6, 6.07) is 1.97. The third-order valence-electron chi connectivity index (χ3n) is 3.09. The molecule has 0 heterocycles. The number of aliphatic carboxylic acids is 1. The number of benzene rings is 1. The SMILES string of the molecule is CCC(CNc1cc(OC)c(F)cc1[N+](=O)[O-])CC(=O)O. The van der Waals surface area contributed by atoms with Crippen molar-refractivity contribution in [1.82, 2.24) is 0 Å². The van der Waals surface area contributed by atoms with Crippen LogP contribution in [0.5, 0.6) is 5.75 Å². The molecule has 0 aliphatic heterocycles. The fourth-order valence-electron chi connectivity index (χ4n) is 1.85. The summed E-state index contributed by atoms with van der Waals surface area (Å²) in [5.41, 5.74) is -0.319. The summed E-state index contributed by atoms with van der Waals surface area (Å²) in [6.07, 6.45) is 0.557. The van der Waals surface area contributed by atoms with Crippen LogP contribution in [0.4, 0.5) is 15.8 Å². The first kappa shape index (κ1) is 16.7. The van der Waals surface area contributed by atoms with Crippen molar-refractivity contribution in [3.63, 3.8) is 0 Å². The highest BCUT2D eigenvalue weighted by Crippen LogP contribution is 2.32. The van der Waals surface area contributed by atoms with Crippen LogP contribution in [0.15, 0.2) is 12.1 Å². The zero-order chi connectivity index (χ0) is 16.0. The van der Waals surface area contributed by atoms with E-state index in [2.05, 4.69) is 5.32 Å². The van der Waals surface area contributed by atoms with Crippen LogP contribution in [-0.2, 0) is 4.79 Å². The van der Waals surface area contributed by atoms with Gasteiger partial charge in [-0.2, -0.15) is 0 Å². The van der Waals surface area contributed by atoms with Crippen LogP contribution in [0.2, 0.25) is 0 Å². The number of halogens is 1. The van der Waals surface area contributed by atoms with Crippen molar-refractivity contribution in [3.8, 4) is 5.75 Å². The third kappa shape index (κ3) is 4.59. The Morgan fingerprint density at radius 1 is 1.57 bits per heavy atom. The van der Waals surface area contributed by atoms with Crippen LogP contribution in [-0.4, -0.2) is 29.7 Å². The molecule has 1 atom stereocenters.